The van der Waals surface area contributed by atoms with E-state index >= 15 is 0 Å². The molecule has 6 heteroatoms. The zero-order valence-electron chi connectivity index (χ0n) is 12.3. The van der Waals surface area contributed by atoms with Crippen LogP contribution in [0.25, 0.3) is 0 Å². The predicted octanol–water partition coefficient (Wildman–Crippen LogP) is 4.63. The Hall–Kier alpha value is -0.780. The van der Waals surface area contributed by atoms with E-state index in [2.05, 4.69) is 29.1 Å². The molecule has 0 radical (unpaired) electrons. The van der Waals surface area contributed by atoms with Crippen molar-refractivity contribution >= 4 is 51.5 Å². The first-order chi connectivity index (χ1) is 10.1. The molecule has 1 unspecified atom stereocenters. The summed E-state index contributed by atoms with van der Waals surface area (Å²) in [6.45, 7) is 6.12. The van der Waals surface area contributed by atoms with Gasteiger partial charge < -0.3 is 5.32 Å². The lowest BCUT2D eigenvalue weighted by Gasteiger charge is -2.20. The molecule has 1 atom stereocenters. The zero-order valence-corrected chi connectivity index (χ0v) is 14.7. The van der Waals surface area contributed by atoms with E-state index in [0.29, 0.717) is 15.4 Å². The summed E-state index contributed by atoms with van der Waals surface area (Å²) in [6.07, 6.45) is 2.27. The molecule has 1 aliphatic rings. The number of halogens is 1. The Kier molecular flexibility index (Phi) is 6.33. The van der Waals surface area contributed by atoms with Gasteiger partial charge in [0.2, 0.25) is 0 Å². The van der Waals surface area contributed by atoms with E-state index < -0.39 is 0 Å². The maximum atomic E-state index is 6.00. The number of rotatable bonds is 4. The van der Waals surface area contributed by atoms with Crippen LogP contribution in [0.1, 0.15) is 26.7 Å². The van der Waals surface area contributed by atoms with Crippen molar-refractivity contribution in [2.45, 2.75) is 31.9 Å². The first-order valence-corrected chi connectivity index (χ1v) is 8.82. The molecule has 1 aromatic carbocycles. The van der Waals surface area contributed by atoms with Crippen LogP contribution in [0.5, 0.6) is 0 Å². The van der Waals surface area contributed by atoms with Crippen molar-refractivity contribution in [3.8, 4) is 0 Å². The molecule has 1 fully saturated rings. The Morgan fingerprint density at radius 1 is 1.57 bits per heavy atom. The van der Waals surface area contributed by atoms with Crippen LogP contribution in [0.3, 0.4) is 0 Å². The van der Waals surface area contributed by atoms with Crippen LogP contribution >= 0.6 is 35.6 Å². The monoisotopic (exact) mass is 341 g/mol. The number of benzene rings is 1. The van der Waals surface area contributed by atoms with Gasteiger partial charge in [0.25, 0.3) is 0 Å². The van der Waals surface area contributed by atoms with Gasteiger partial charge in [-0.2, -0.15) is 0 Å². The molecular weight excluding hydrogens is 322 g/mol. The van der Waals surface area contributed by atoms with E-state index in [-0.39, 0.29) is 0 Å². The predicted molar refractivity (Wildman–Crippen MR) is 98.6 cm³/mol. The standard InChI is InChI=1S/C15H20ClN3S2/c1-3-4-8-17-15-19(10-11(2)21-15)14(20)18-13-7-5-6-12(16)9-13/h5-7,9,11H,3-4,8,10H2,1-2H3,(H,18,20)/b17-15+. The summed E-state index contributed by atoms with van der Waals surface area (Å²) in [6, 6.07) is 7.58. The second kappa shape index (κ2) is 8.01. The Morgan fingerprint density at radius 3 is 3.10 bits per heavy atom. The van der Waals surface area contributed by atoms with Crippen molar-refractivity contribution in [3.63, 3.8) is 0 Å². The third-order valence-electron chi connectivity index (χ3n) is 3.06. The largest absolute Gasteiger partial charge is 0.332 e. The maximum Gasteiger partial charge on any atom is 0.179 e. The van der Waals surface area contributed by atoms with Crippen LogP contribution in [-0.4, -0.2) is 33.5 Å². The molecule has 3 nitrogen and oxygen atoms in total. The number of thiocarbonyl (C=S) groups is 1. The Morgan fingerprint density at radius 2 is 2.38 bits per heavy atom. The number of nitrogens with one attached hydrogen (secondary N) is 1. The lowest BCUT2D eigenvalue weighted by atomic mass is 10.3. The van der Waals surface area contributed by atoms with Crippen LogP contribution in [0.15, 0.2) is 29.3 Å². The van der Waals surface area contributed by atoms with Gasteiger partial charge in [-0.15, -0.1) is 0 Å². The minimum absolute atomic E-state index is 0.504. The molecule has 0 amide bonds. The molecule has 21 heavy (non-hydrogen) atoms. The number of aliphatic imine (C=N–C) groups is 1. The summed E-state index contributed by atoms with van der Waals surface area (Å²) in [5.41, 5.74) is 0.907. The third kappa shape index (κ3) is 4.87. The highest BCUT2D eigenvalue weighted by atomic mass is 35.5. The van der Waals surface area contributed by atoms with Crippen LogP contribution in [0, 0.1) is 0 Å². The Bertz CT molecular complexity index is 533. The minimum Gasteiger partial charge on any atom is -0.332 e. The van der Waals surface area contributed by atoms with Crippen molar-refractivity contribution < 1.29 is 0 Å². The van der Waals surface area contributed by atoms with Gasteiger partial charge in [-0.1, -0.05) is 49.7 Å². The molecular formula is C15H20ClN3S2. The van der Waals surface area contributed by atoms with Gasteiger partial charge in [0.1, 0.15) is 0 Å². The molecule has 1 aliphatic heterocycles. The Balaban J connectivity index is 2.04. The van der Waals surface area contributed by atoms with E-state index in [1.165, 1.54) is 0 Å². The number of hydrogen-bond donors (Lipinski definition) is 1. The third-order valence-corrected chi connectivity index (χ3v) is 4.73. The first kappa shape index (κ1) is 16.6. The summed E-state index contributed by atoms with van der Waals surface area (Å²) in [7, 11) is 0. The van der Waals surface area contributed by atoms with E-state index in [1.807, 2.05) is 24.3 Å². The van der Waals surface area contributed by atoms with Crippen molar-refractivity contribution in [2.24, 2.45) is 4.99 Å². The number of unbranched alkanes of at least 4 members (excludes halogenated alkanes) is 1. The number of thioether (sulfide) groups is 1. The number of anilines is 1. The second-order valence-corrected chi connectivity index (χ2v) is 7.23. The first-order valence-electron chi connectivity index (χ1n) is 7.15. The summed E-state index contributed by atoms with van der Waals surface area (Å²) < 4.78 is 0. The van der Waals surface area contributed by atoms with Gasteiger partial charge >= 0.3 is 0 Å². The van der Waals surface area contributed by atoms with Gasteiger partial charge in [0.05, 0.1) is 0 Å². The van der Waals surface area contributed by atoms with E-state index in [0.717, 1.165) is 36.8 Å². The normalized spacial score (nSPS) is 20.0. The van der Waals surface area contributed by atoms with E-state index in [4.69, 9.17) is 23.8 Å². The van der Waals surface area contributed by atoms with Crippen LogP contribution in [-0.2, 0) is 0 Å². The zero-order chi connectivity index (χ0) is 15.2. The average molecular weight is 342 g/mol. The lowest BCUT2D eigenvalue weighted by molar-refractivity contribution is 0.636. The molecule has 0 bridgehead atoms. The van der Waals surface area contributed by atoms with Crippen molar-refractivity contribution in [2.75, 3.05) is 18.4 Å². The van der Waals surface area contributed by atoms with E-state index in [9.17, 15) is 0 Å². The SMILES string of the molecule is CCCC/N=C1/SC(C)CN1C(=S)Nc1cccc(Cl)c1. The van der Waals surface area contributed by atoms with Gasteiger partial charge in [-0.05, 0) is 36.8 Å². The van der Waals surface area contributed by atoms with Gasteiger partial charge in [0.15, 0.2) is 10.3 Å². The molecule has 1 saturated heterocycles. The van der Waals surface area contributed by atoms with Crippen molar-refractivity contribution in [3.05, 3.63) is 29.3 Å². The maximum absolute atomic E-state index is 6.00. The van der Waals surface area contributed by atoms with Crippen LogP contribution in [0.2, 0.25) is 5.02 Å². The van der Waals surface area contributed by atoms with E-state index in [1.54, 1.807) is 11.8 Å². The molecule has 0 saturated carbocycles. The molecule has 114 valence electrons. The van der Waals surface area contributed by atoms with Gasteiger partial charge in [-0.25, -0.2) is 0 Å². The summed E-state index contributed by atoms with van der Waals surface area (Å²) in [5.74, 6) is 0. The average Bonchev–Trinajstić information content (AvgIpc) is 2.80. The fraction of sp³-hybridized carbons (Fsp3) is 0.467. The highest BCUT2D eigenvalue weighted by molar-refractivity contribution is 8.14. The molecule has 1 N–H and O–H groups in total. The molecule has 2 rings (SSSR count). The molecule has 1 heterocycles. The second-order valence-electron chi connectivity index (χ2n) is 5.00. The molecule has 0 aromatic heterocycles. The number of amidine groups is 1. The summed E-state index contributed by atoms with van der Waals surface area (Å²) >= 11 is 13.3. The fourth-order valence-corrected chi connectivity index (χ4v) is 3.57. The van der Waals surface area contributed by atoms with Crippen LogP contribution in [0.4, 0.5) is 5.69 Å². The van der Waals surface area contributed by atoms with Crippen molar-refractivity contribution in [1.29, 1.82) is 0 Å². The minimum atomic E-state index is 0.504. The molecule has 0 aliphatic carbocycles. The summed E-state index contributed by atoms with van der Waals surface area (Å²) in [4.78, 5) is 6.76. The lowest BCUT2D eigenvalue weighted by Crippen LogP contribution is -2.36. The van der Waals surface area contributed by atoms with Gasteiger partial charge in [-0.3, -0.25) is 9.89 Å². The quantitative estimate of drug-likeness (QED) is 0.638. The van der Waals surface area contributed by atoms with Crippen molar-refractivity contribution in [1.82, 2.24) is 4.90 Å². The topological polar surface area (TPSA) is 27.6 Å². The number of hydrogen-bond acceptors (Lipinski definition) is 3. The Labute approximate surface area is 141 Å². The fourth-order valence-electron chi connectivity index (χ4n) is 2.00. The highest BCUT2D eigenvalue weighted by Gasteiger charge is 2.28. The summed E-state index contributed by atoms with van der Waals surface area (Å²) in [5, 5.41) is 6.15. The molecule has 1 aromatic rings. The van der Waals surface area contributed by atoms with Crippen LogP contribution < -0.4 is 5.32 Å². The highest BCUT2D eigenvalue weighted by Crippen LogP contribution is 2.26. The number of nitrogens with zero attached hydrogens (tertiary/aromatic N) is 2. The molecule has 0 spiro atoms. The van der Waals surface area contributed by atoms with Gasteiger partial charge in [0, 0.05) is 29.0 Å². The smallest absolute Gasteiger partial charge is 0.179 e.